The van der Waals surface area contributed by atoms with Gasteiger partial charge in [0.1, 0.15) is 4.88 Å². The van der Waals surface area contributed by atoms with Crippen molar-refractivity contribution in [2.45, 2.75) is 58.1 Å². The number of carbonyl (C=O) groups excluding carboxylic acids is 1. The van der Waals surface area contributed by atoms with E-state index in [9.17, 15) is 14.7 Å². The van der Waals surface area contributed by atoms with Gasteiger partial charge in [0.15, 0.2) is 0 Å². The summed E-state index contributed by atoms with van der Waals surface area (Å²) in [4.78, 5) is 23.8. The number of amides is 1. The first-order valence-corrected chi connectivity index (χ1v) is 8.03. The molecule has 21 heavy (non-hydrogen) atoms. The summed E-state index contributed by atoms with van der Waals surface area (Å²) < 4.78 is 0. The largest absolute Gasteiger partial charge is 0.477 e. The third-order valence-electron chi connectivity index (χ3n) is 3.25. The van der Waals surface area contributed by atoms with Gasteiger partial charge in [0.05, 0.1) is 18.6 Å². The number of hydrogen-bond acceptors (Lipinski definition) is 4. The molecule has 0 aliphatic heterocycles. The van der Waals surface area contributed by atoms with Crippen molar-refractivity contribution in [2.75, 3.05) is 0 Å². The first-order chi connectivity index (χ1) is 9.90. The van der Waals surface area contributed by atoms with Crippen molar-refractivity contribution in [1.29, 1.82) is 0 Å². The molecule has 0 aliphatic carbocycles. The second kappa shape index (κ2) is 8.14. The first kappa shape index (κ1) is 17.7. The average molecular weight is 313 g/mol. The number of aliphatic hydroxyl groups is 1. The van der Waals surface area contributed by atoms with Crippen molar-refractivity contribution in [3.63, 3.8) is 0 Å². The molecule has 0 bridgehead atoms. The van der Waals surface area contributed by atoms with Gasteiger partial charge in [0.25, 0.3) is 0 Å². The van der Waals surface area contributed by atoms with E-state index in [0.29, 0.717) is 19.4 Å². The van der Waals surface area contributed by atoms with Crippen molar-refractivity contribution in [3.05, 3.63) is 21.9 Å². The minimum atomic E-state index is -0.960. The van der Waals surface area contributed by atoms with E-state index in [1.807, 2.05) is 13.8 Å². The number of rotatable bonds is 9. The second-order valence-electron chi connectivity index (χ2n) is 5.25. The molecule has 118 valence electrons. The fraction of sp³-hybridized carbons (Fsp3) is 0.600. The van der Waals surface area contributed by atoms with Crippen LogP contribution in [0.2, 0.25) is 0 Å². The second-order valence-corrected chi connectivity index (χ2v) is 6.42. The molecule has 0 aliphatic rings. The van der Waals surface area contributed by atoms with Crippen LogP contribution < -0.4 is 5.32 Å². The molecule has 1 rings (SSSR count). The third kappa shape index (κ3) is 5.85. The van der Waals surface area contributed by atoms with Gasteiger partial charge >= 0.3 is 5.97 Å². The fourth-order valence-electron chi connectivity index (χ4n) is 2.37. The standard InChI is InChI=1S/C15H23NO4S/c1-3-7-15(20,8-4-2)9-13(17)16-10-11-5-6-12(21-11)14(18)19/h5-6,20H,3-4,7-10H2,1-2H3,(H,16,17)(H,18,19). The number of carbonyl (C=O) groups is 2. The fourth-order valence-corrected chi connectivity index (χ4v) is 3.15. The van der Waals surface area contributed by atoms with Crippen molar-refractivity contribution < 1.29 is 19.8 Å². The van der Waals surface area contributed by atoms with Gasteiger partial charge in [-0.3, -0.25) is 4.79 Å². The molecule has 0 saturated heterocycles. The molecule has 0 unspecified atom stereocenters. The van der Waals surface area contributed by atoms with Crippen molar-refractivity contribution in [1.82, 2.24) is 5.32 Å². The molecule has 1 aromatic heterocycles. The number of carboxylic acids is 1. The van der Waals surface area contributed by atoms with Crippen molar-refractivity contribution in [3.8, 4) is 0 Å². The topological polar surface area (TPSA) is 86.6 Å². The van der Waals surface area contributed by atoms with Crippen molar-refractivity contribution >= 4 is 23.2 Å². The highest BCUT2D eigenvalue weighted by atomic mass is 32.1. The molecule has 1 aromatic rings. The Morgan fingerprint density at radius 2 is 1.86 bits per heavy atom. The summed E-state index contributed by atoms with van der Waals surface area (Å²) in [6, 6.07) is 3.22. The highest BCUT2D eigenvalue weighted by molar-refractivity contribution is 7.13. The first-order valence-electron chi connectivity index (χ1n) is 7.21. The van der Waals surface area contributed by atoms with Crippen LogP contribution in [0.15, 0.2) is 12.1 Å². The van der Waals surface area contributed by atoms with Crippen LogP contribution in [0.5, 0.6) is 0 Å². The molecule has 0 spiro atoms. The Kier molecular flexibility index (Phi) is 6.84. The van der Waals surface area contributed by atoms with Gasteiger partial charge in [-0.25, -0.2) is 4.79 Å². The van der Waals surface area contributed by atoms with E-state index in [2.05, 4.69) is 5.32 Å². The predicted molar refractivity (Wildman–Crippen MR) is 82.5 cm³/mol. The maximum absolute atomic E-state index is 11.9. The van der Waals surface area contributed by atoms with Crippen molar-refractivity contribution in [2.24, 2.45) is 0 Å². The highest BCUT2D eigenvalue weighted by Crippen LogP contribution is 2.23. The zero-order chi connectivity index (χ0) is 15.9. The Bertz CT molecular complexity index is 478. The Hall–Kier alpha value is -1.40. The number of thiophene rings is 1. The van der Waals surface area contributed by atoms with Gasteiger partial charge in [-0.05, 0) is 25.0 Å². The lowest BCUT2D eigenvalue weighted by Crippen LogP contribution is -2.36. The van der Waals surface area contributed by atoms with E-state index >= 15 is 0 Å². The number of nitrogens with one attached hydrogen (secondary N) is 1. The summed E-state index contributed by atoms with van der Waals surface area (Å²) in [7, 11) is 0. The Labute approximate surface area is 129 Å². The van der Waals surface area contributed by atoms with E-state index in [4.69, 9.17) is 5.11 Å². The van der Waals surface area contributed by atoms with Crippen LogP contribution in [-0.4, -0.2) is 27.7 Å². The van der Waals surface area contributed by atoms with Crippen LogP contribution in [-0.2, 0) is 11.3 Å². The maximum atomic E-state index is 11.9. The summed E-state index contributed by atoms with van der Waals surface area (Å²) in [5.41, 5.74) is -0.935. The summed E-state index contributed by atoms with van der Waals surface area (Å²) in [6.45, 7) is 4.26. The van der Waals surface area contributed by atoms with E-state index in [1.54, 1.807) is 6.07 Å². The molecular formula is C15H23NO4S. The van der Waals surface area contributed by atoms with E-state index < -0.39 is 11.6 Å². The summed E-state index contributed by atoms with van der Waals surface area (Å²) >= 11 is 1.14. The maximum Gasteiger partial charge on any atom is 0.345 e. The quantitative estimate of drug-likeness (QED) is 0.654. The molecule has 0 saturated carbocycles. The lowest BCUT2D eigenvalue weighted by atomic mass is 9.89. The minimum Gasteiger partial charge on any atom is -0.477 e. The van der Waals surface area contributed by atoms with E-state index in [-0.39, 0.29) is 17.2 Å². The Morgan fingerprint density at radius 1 is 1.24 bits per heavy atom. The number of hydrogen-bond donors (Lipinski definition) is 3. The molecule has 0 atom stereocenters. The molecule has 5 nitrogen and oxygen atoms in total. The lowest BCUT2D eigenvalue weighted by molar-refractivity contribution is -0.126. The molecule has 1 heterocycles. The van der Waals surface area contributed by atoms with Gasteiger partial charge in [-0.2, -0.15) is 0 Å². The summed E-state index contributed by atoms with van der Waals surface area (Å²) in [6.07, 6.45) is 2.96. The number of carboxylic acid groups (broad SMARTS) is 1. The highest BCUT2D eigenvalue weighted by Gasteiger charge is 2.28. The molecule has 0 radical (unpaired) electrons. The monoisotopic (exact) mass is 313 g/mol. The third-order valence-corrected chi connectivity index (χ3v) is 4.33. The van der Waals surface area contributed by atoms with Crippen LogP contribution in [0.25, 0.3) is 0 Å². The van der Waals surface area contributed by atoms with Crippen LogP contribution in [0.1, 0.15) is 60.5 Å². The predicted octanol–water partition coefficient (Wildman–Crippen LogP) is 2.78. The lowest BCUT2D eigenvalue weighted by Gasteiger charge is -2.26. The van der Waals surface area contributed by atoms with Crippen LogP contribution in [0.3, 0.4) is 0 Å². The van der Waals surface area contributed by atoms with Gasteiger partial charge in [-0.1, -0.05) is 26.7 Å². The van der Waals surface area contributed by atoms with Gasteiger partial charge < -0.3 is 15.5 Å². The van der Waals surface area contributed by atoms with Gasteiger partial charge in [-0.15, -0.1) is 11.3 Å². The zero-order valence-corrected chi connectivity index (χ0v) is 13.3. The van der Waals surface area contributed by atoms with Gasteiger partial charge in [0, 0.05) is 4.88 Å². The van der Waals surface area contributed by atoms with Crippen LogP contribution >= 0.6 is 11.3 Å². The van der Waals surface area contributed by atoms with E-state index in [1.165, 1.54) is 6.07 Å². The minimum absolute atomic E-state index is 0.0891. The molecule has 0 aromatic carbocycles. The number of aromatic carboxylic acids is 1. The summed E-state index contributed by atoms with van der Waals surface area (Å²) in [5.74, 6) is -1.16. The van der Waals surface area contributed by atoms with Gasteiger partial charge in [0.2, 0.25) is 5.91 Å². The normalized spacial score (nSPS) is 11.4. The molecule has 6 heteroatoms. The average Bonchev–Trinajstić information content (AvgIpc) is 2.85. The summed E-state index contributed by atoms with van der Waals surface area (Å²) in [5, 5.41) is 22.0. The molecule has 1 amide bonds. The van der Waals surface area contributed by atoms with Crippen LogP contribution in [0.4, 0.5) is 0 Å². The molecule has 3 N–H and O–H groups in total. The van der Waals surface area contributed by atoms with E-state index in [0.717, 1.165) is 29.1 Å². The zero-order valence-electron chi connectivity index (χ0n) is 12.5. The SMILES string of the molecule is CCCC(O)(CCC)CC(=O)NCc1ccc(C(=O)O)s1. The van der Waals surface area contributed by atoms with Crippen LogP contribution in [0, 0.1) is 0 Å². The smallest absolute Gasteiger partial charge is 0.345 e. The Morgan fingerprint density at radius 3 is 2.33 bits per heavy atom. The molecular weight excluding hydrogens is 290 g/mol. The Balaban J connectivity index is 2.50. The molecule has 0 fully saturated rings.